The fourth-order valence-electron chi connectivity index (χ4n) is 1.02. The Labute approximate surface area is 105 Å². The maximum Gasteiger partial charge on any atom is 0.261 e. The van der Waals surface area contributed by atoms with Gasteiger partial charge < -0.3 is 0 Å². The van der Waals surface area contributed by atoms with Gasteiger partial charge in [-0.25, -0.2) is 8.42 Å². The third-order valence-corrected chi connectivity index (χ3v) is 4.03. The summed E-state index contributed by atoms with van der Waals surface area (Å²) in [5, 5.41) is 8.73. The molecule has 0 aliphatic heterocycles. The Hall–Kier alpha value is -0.280. The molecule has 0 aromatic heterocycles. The molecule has 0 aliphatic carbocycles. The van der Waals surface area contributed by atoms with Gasteiger partial charge in [-0.3, -0.25) is 0 Å². The molecule has 1 aromatic carbocycles. The van der Waals surface area contributed by atoms with Crippen LogP contribution in [-0.4, -0.2) is 8.42 Å². The third kappa shape index (κ3) is 2.85. The molecular formula is C8H4BrCl2NO2S. The molecule has 0 spiro atoms. The molecule has 0 bridgehead atoms. The van der Waals surface area contributed by atoms with E-state index in [4.69, 9.17) is 27.5 Å². The minimum atomic E-state index is -3.84. The number of nitriles is 1. The van der Waals surface area contributed by atoms with Gasteiger partial charge in [0.25, 0.3) is 9.05 Å². The van der Waals surface area contributed by atoms with Crippen LogP contribution in [0.2, 0.25) is 0 Å². The van der Waals surface area contributed by atoms with Crippen LogP contribution in [0, 0.1) is 11.3 Å². The molecule has 80 valence electrons. The van der Waals surface area contributed by atoms with E-state index in [-0.39, 0.29) is 10.8 Å². The molecule has 0 unspecified atom stereocenters. The van der Waals surface area contributed by atoms with Crippen molar-refractivity contribution < 1.29 is 8.42 Å². The second-order valence-corrected chi connectivity index (χ2v) is 6.28. The molecule has 0 heterocycles. The summed E-state index contributed by atoms with van der Waals surface area (Å²) in [6.45, 7) is 0. The Kier molecular flexibility index (Phi) is 4.01. The number of benzene rings is 1. The fraction of sp³-hybridized carbons (Fsp3) is 0.125. The van der Waals surface area contributed by atoms with Crippen molar-refractivity contribution in [2.24, 2.45) is 0 Å². The summed E-state index contributed by atoms with van der Waals surface area (Å²) < 4.78 is 22.7. The summed E-state index contributed by atoms with van der Waals surface area (Å²) in [6, 6.07) is 4.58. The van der Waals surface area contributed by atoms with Crippen LogP contribution in [0.25, 0.3) is 0 Å². The Morgan fingerprint density at radius 3 is 2.47 bits per heavy atom. The van der Waals surface area contributed by atoms with Crippen LogP contribution in [0.1, 0.15) is 11.1 Å². The van der Waals surface area contributed by atoms with Crippen molar-refractivity contribution in [3.8, 4) is 6.07 Å². The molecule has 7 heteroatoms. The van der Waals surface area contributed by atoms with E-state index in [9.17, 15) is 8.42 Å². The van der Waals surface area contributed by atoms with Crippen LogP contribution in [0.3, 0.4) is 0 Å². The zero-order chi connectivity index (χ0) is 11.6. The maximum absolute atomic E-state index is 11.2. The lowest BCUT2D eigenvalue weighted by Crippen LogP contribution is -1.98. The van der Waals surface area contributed by atoms with Gasteiger partial charge in [0.1, 0.15) is 6.07 Å². The predicted molar refractivity (Wildman–Crippen MR) is 61.5 cm³/mol. The Morgan fingerprint density at radius 1 is 1.47 bits per heavy atom. The fourth-order valence-corrected chi connectivity index (χ4v) is 3.03. The van der Waals surface area contributed by atoms with Gasteiger partial charge in [-0.05, 0) is 33.6 Å². The minimum absolute atomic E-state index is 0.0246. The van der Waals surface area contributed by atoms with Crippen molar-refractivity contribution in [3.05, 3.63) is 27.7 Å². The Morgan fingerprint density at radius 2 is 2.07 bits per heavy atom. The molecular weight excluding hydrogens is 325 g/mol. The highest BCUT2D eigenvalue weighted by Gasteiger charge is 2.17. The van der Waals surface area contributed by atoms with Gasteiger partial charge in [0, 0.05) is 21.0 Å². The van der Waals surface area contributed by atoms with Crippen LogP contribution < -0.4 is 0 Å². The molecule has 0 saturated carbocycles. The zero-order valence-corrected chi connectivity index (χ0v) is 11.1. The minimum Gasteiger partial charge on any atom is -0.207 e. The van der Waals surface area contributed by atoms with Crippen LogP contribution in [-0.2, 0) is 14.9 Å². The van der Waals surface area contributed by atoms with Crippen molar-refractivity contribution in [3.63, 3.8) is 0 Å². The average molecular weight is 329 g/mol. The van der Waals surface area contributed by atoms with Crippen molar-refractivity contribution in [1.29, 1.82) is 5.26 Å². The van der Waals surface area contributed by atoms with Crippen molar-refractivity contribution in [2.75, 3.05) is 0 Å². The lowest BCUT2D eigenvalue weighted by atomic mass is 10.1. The molecule has 0 saturated heterocycles. The first-order valence-corrected chi connectivity index (χ1v) is 7.27. The van der Waals surface area contributed by atoms with Crippen molar-refractivity contribution in [2.45, 2.75) is 10.8 Å². The number of alkyl halides is 1. The standard InChI is InChI=1S/C8H4BrCl2NO2S/c9-7-2-8(15(11,13)14)5(3-10)1-6(7)4-12/h1-2H,3H2. The molecule has 0 atom stereocenters. The molecule has 0 fully saturated rings. The highest BCUT2D eigenvalue weighted by Crippen LogP contribution is 2.28. The summed E-state index contributed by atoms with van der Waals surface area (Å²) in [5.74, 6) is -0.0246. The quantitative estimate of drug-likeness (QED) is 0.619. The number of rotatable bonds is 2. The molecule has 15 heavy (non-hydrogen) atoms. The van der Waals surface area contributed by atoms with E-state index in [1.807, 2.05) is 6.07 Å². The molecule has 3 nitrogen and oxygen atoms in total. The lowest BCUT2D eigenvalue weighted by molar-refractivity contribution is 0.609. The Balaban J connectivity index is 3.57. The number of halogens is 3. The Bertz CT molecular complexity index is 536. The summed E-state index contributed by atoms with van der Waals surface area (Å²) >= 11 is 8.65. The molecule has 1 aromatic rings. The summed E-state index contributed by atoms with van der Waals surface area (Å²) in [4.78, 5) is -0.0787. The first-order chi connectivity index (χ1) is 6.90. The van der Waals surface area contributed by atoms with Gasteiger partial charge in [-0.1, -0.05) is 0 Å². The van der Waals surface area contributed by atoms with E-state index in [2.05, 4.69) is 15.9 Å². The van der Waals surface area contributed by atoms with E-state index >= 15 is 0 Å². The largest absolute Gasteiger partial charge is 0.261 e. The van der Waals surface area contributed by atoms with Crippen LogP contribution in [0.15, 0.2) is 21.5 Å². The van der Waals surface area contributed by atoms with E-state index in [1.165, 1.54) is 12.1 Å². The normalized spacial score (nSPS) is 11.1. The number of hydrogen-bond donors (Lipinski definition) is 0. The maximum atomic E-state index is 11.2. The van der Waals surface area contributed by atoms with E-state index in [0.717, 1.165) is 0 Å². The van der Waals surface area contributed by atoms with Crippen molar-refractivity contribution in [1.82, 2.24) is 0 Å². The summed E-state index contributed by atoms with van der Waals surface area (Å²) in [5.41, 5.74) is 0.626. The zero-order valence-electron chi connectivity index (χ0n) is 7.17. The highest BCUT2D eigenvalue weighted by molar-refractivity contribution is 9.10. The first-order valence-electron chi connectivity index (χ1n) is 3.63. The van der Waals surface area contributed by atoms with Crippen LogP contribution in [0.5, 0.6) is 0 Å². The van der Waals surface area contributed by atoms with Gasteiger partial charge in [0.05, 0.1) is 10.5 Å². The SMILES string of the molecule is N#Cc1cc(CCl)c(S(=O)(=O)Cl)cc1Br. The smallest absolute Gasteiger partial charge is 0.207 e. The van der Waals surface area contributed by atoms with Gasteiger partial charge in [-0.15, -0.1) is 11.6 Å². The van der Waals surface area contributed by atoms with Crippen LogP contribution in [0.4, 0.5) is 0 Å². The summed E-state index contributed by atoms with van der Waals surface area (Å²) in [7, 11) is 1.38. The average Bonchev–Trinajstić information content (AvgIpc) is 2.16. The van der Waals surface area contributed by atoms with Gasteiger partial charge in [0.15, 0.2) is 0 Å². The predicted octanol–water partition coefficient (Wildman–Crippen LogP) is 2.99. The van der Waals surface area contributed by atoms with Crippen LogP contribution >= 0.6 is 38.2 Å². The van der Waals surface area contributed by atoms with E-state index in [1.54, 1.807) is 0 Å². The first kappa shape index (κ1) is 12.8. The monoisotopic (exact) mass is 327 g/mol. The van der Waals surface area contributed by atoms with Crippen molar-refractivity contribution >= 4 is 47.3 Å². The molecule has 0 N–H and O–H groups in total. The lowest BCUT2D eigenvalue weighted by Gasteiger charge is -2.05. The third-order valence-electron chi connectivity index (χ3n) is 1.68. The molecule has 0 amide bonds. The van der Waals surface area contributed by atoms with E-state index < -0.39 is 9.05 Å². The number of hydrogen-bond acceptors (Lipinski definition) is 3. The topological polar surface area (TPSA) is 57.9 Å². The number of nitrogens with zero attached hydrogens (tertiary/aromatic N) is 1. The molecule has 1 rings (SSSR count). The van der Waals surface area contributed by atoms with E-state index in [0.29, 0.717) is 15.6 Å². The second kappa shape index (κ2) is 4.71. The second-order valence-electron chi connectivity index (χ2n) is 2.62. The van der Waals surface area contributed by atoms with Gasteiger partial charge in [0.2, 0.25) is 0 Å². The molecule has 0 radical (unpaired) electrons. The van der Waals surface area contributed by atoms with Gasteiger partial charge in [-0.2, -0.15) is 5.26 Å². The van der Waals surface area contributed by atoms with Gasteiger partial charge >= 0.3 is 0 Å². The highest BCUT2D eigenvalue weighted by atomic mass is 79.9. The summed E-state index contributed by atoms with van der Waals surface area (Å²) in [6.07, 6.45) is 0. The molecule has 0 aliphatic rings.